The Hall–Kier alpha value is -5.50. The fourth-order valence-corrected chi connectivity index (χ4v) is 10.8. The Morgan fingerprint density at radius 2 is 1.45 bits per heavy atom. The summed E-state index contributed by atoms with van der Waals surface area (Å²) >= 11 is 0. The Morgan fingerprint density at radius 3 is 2.07 bits per heavy atom. The third-order valence-corrected chi connectivity index (χ3v) is 13.6. The largest absolute Gasteiger partial charge is 0.465 e. The fourth-order valence-electron chi connectivity index (χ4n) is 8.57. The molecule has 4 aromatic carbocycles. The minimum absolute atomic E-state index is 0.00451. The zero-order chi connectivity index (χ0) is 43.5. The van der Waals surface area contributed by atoms with Crippen molar-refractivity contribution in [1.82, 2.24) is 9.88 Å². The van der Waals surface area contributed by atoms with E-state index in [-0.39, 0.29) is 53.9 Å². The second-order valence-electron chi connectivity index (χ2n) is 14.4. The summed E-state index contributed by atoms with van der Waals surface area (Å²) in [6, 6.07) is 13.5. The number of amides is 1. The normalized spacial score (nSPS) is 18.4. The first-order valence-corrected chi connectivity index (χ1v) is 23.4. The molecule has 1 atom stereocenters. The summed E-state index contributed by atoms with van der Waals surface area (Å²) in [5.41, 5.74) is 0.918. The Morgan fingerprint density at radius 1 is 0.800 bits per heavy atom. The fraction of sp³-hybridized carbons (Fsp3) is 0.262. The van der Waals surface area contributed by atoms with Crippen LogP contribution in [0.25, 0.3) is 38.5 Å². The molecule has 1 aliphatic carbocycles. The predicted molar refractivity (Wildman–Crippen MR) is 225 cm³/mol. The van der Waals surface area contributed by atoms with Crippen molar-refractivity contribution in [2.75, 3.05) is 19.7 Å². The van der Waals surface area contributed by atoms with Crippen molar-refractivity contribution in [3.05, 3.63) is 101 Å². The number of nitrogens with one attached hydrogen (secondary N) is 1. The molecule has 5 aromatic rings. The van der Waals surface area contributed by atoms with Crippen LogP contribution in [0.15, 0.2) is 105 Å². The maximum atomic E-state index is 14.0. The summed E-state index contributed by atoms with van der Waals surface area (Å²) in [6.45, 7) is 7.91. The van der Waals surface area contributed by atoms with Crippen LogP contribution in [0.2, 0.25) is 0 Å². The number of rotatable bonds is 12. The average molecular weight is 877 g/mol. The Labute approximate surface area is 346 Å². The maximum absolute atomic E-state index is 14.0. The SMILES string of the molecule is CCNC(=O)C1(C(=O)OCC)CC(=CC=c2c3cccc4c(S(=O)(=O)O)ccc(c43)n2CC)C=C(C=CC2=[N+](CC)c3c(S(=O)(=O)O)cc(S(=O)(=O)O)c4cccc2c34)C1. The summed E-state index contributed by atoms with van der Waals surface area (Å²) in [4.78, 5) is 26.3. The van der Waals surface area contributed by atoms with Gasteiger partial charge in [0.05, 0.1) is 17.6 Å². The van der Waals surface area contributed by atoms with Gasteiger partial charge in [0.2, 0.25) is 17.3 Å². The molecule has 0 saturated carbocycles. The number of nitrogens with zero attached hydrogens (tertiary/aromatic N) is 2. The van der Waals surface area contributed by atoms with E-state index in [1.807, 2.05) is 29.7 Å². The number of hydrogen-bond donors (Lipinski definition) is 4. The minimum atomic E-state index is -5.02. The lowest BCUT2D eigenvalue weighted by atomic mass is 9.71. The molecule has 0 radical (unpaired) electrons. The topological polar surface area (TPSA) is 226 Å². The van der Waals surface area contributed by atoms with Crippen LogP contribution in [0, 0.1) is 5.41 Å². The molecular formula is C42H42N3O12S3+. The standard InChI is InChI=1S/C42H41N3O12S3/c1-5-43-40(46)42(41(47)57-8-4)23-25(15-17-31-27-11-9-13-29-34(58(48,49)50)20-19-33(37(27)29)44(31)6-2)21-26(24-42)16-18-32-28-12-10-14-30-35(59(51,52)53)22-36(60(54,55)56)39(38(28)30)45(32)7-3/h9-22H,5-8,23-24H2,1-4H3,(H3-,43,46,48,49,50,51,52,53,54,55,56)/p+1. The molecule has 2 heterocycles. The van der Waals surface area contributed by atoms with E-state index >= 15 is 0 Å². The van der Waals surface area contributed by atoms with Crippen LogP contribution in [0.1, 0.15) is 46.1 Å². The lowest BCUT2D eigenvalue weighted by molar-refractivity contribution is -0.433. The average Bonchev–Trinajstić information content (AvgIpc) is 3.68. The Bertz CT molecular complexity index is 3190. The highest BCUT2D eigenvalue weighted by Crippen LogP contribution is 2.45. The van der Waals surface area contributed by atoms with Crippen molar-refractivity contribution in [2.45, 2.75) is 61.8 Å². The number of aryl methyl sites for hydroxylation is 1. The van der Waals surface area contributed by atoms with Crippen LogP contribution in [0.3, 0.4) is 0 Å². The van der Waals surface area contributed by atoms with Gasteiger partial charge in [-0.25, -0.2) is 0 Å². The van der Waals surface area contributed by atoms with Gasteiger partial charge in [-0.2, -0.15) is 29.8 Å². The van der Waals surface area contributed by atoms with Gasteiger partial charge in [0.25, 0.3) is 20.2 Å². The van der Waals surface area contributed by atoms with Gasteiger partial charge in [-0.1, -0.05) is 48.6 Å². The molecule has 1 aromatic heterocycles. The van der Waals surface area contributed by atoms with E-state index < -0.39 is 57.4 Å². The smallest absolute Gasteiger partial charge is 0.322 e. The van der Waals surface area contributed by atoms with E-state index in [0.717, 1.165) is 11.6 Å². The maximum Gasteiger partial charge on any atom is 0.322 e. The molecular weight excluding hydrogens is 835 g/mol. The molecule has 2 aliphatic rings. The molecule has 18 heteroatoms. The van der Waals surface area contributed by atoms with Gasteiger partial charge >= 0.3 is 16.1 Å². The highest BCUT2D eigenvalue weighted by atomic mass is 32.2. The van der Waals surface area contributed by atoms with Gasteiger partial charge in [-0.05, 0) is 82.0 Å². The number of allylic oxidation sites excluding steroid dienone is 6. The van der Waals surface area contributed by atoms with Gasteiger partial charge < -0.3 is 14.6 Å². The van der Waals surface area contributed by atoms with E-state index in [2.05, 4.69) is 5.32 Å². The summed E-state index contributed by atoms with van der Waals surface area (Å²) in [6.07, 6.45) is 8.61. The third kappa shape index (κ3) is 7.16. The number of carbonyl (C=O) groups is 2. The molecule has 0 spiro atoms. The lowest BCUT2D eigenvalue weighted by Gasteiger charge is -2.34. The molecule has 1 amide bonds. The van der Waals surface area contributed by atoms with Crippen LogP contribution < -0.4 is 10.7 Å². The first-order valence-electron chi connectivity index (χ1n) is 19.1. The molecule has 15 nitrogen and oxygen atoms in total. The summed E-state index contributed by atoms with van der Waals surface area (Å²) in [5, 5.41) is 5.40. The van der Waals surface area contributed by atoms with Crippen LogP contribution in [-0.2, 0) is 51.2 Å². The van der Waals surface area contributed by atoms with Crippen LogP contribution in [-0.4, -0.2) is 85.3 Å². The molecule has 4 N–H and O–H groups in total. The van der Waals surface area contributed by atoms with Gasteiger partial charge in [0, 0.05) is 51.6 Å². The van der Waals surface area contributed by atoms with E-state index in [0.29, 0.717) is 50.5 Å². The van der Waals surface area contributed by atoms with Crippen LogP contribution in [0.4, 0.5) is 5.69 Å². The second-order valence-corrected chi connectivity index (χ2v) is 18.6. The van der Waals surface area contributed by atoms with E-state index in [9.17, 15) is 48.5 Å². The first-order chi connectivity index (χ1) is 28.3. The van der Waals surface area contributed by atoms with Gasteiger partial charge in [-0.3, -0.25) is 23.2 Å². The van der Waals surface area contributed by atoms with Gasteiger partial charge in [0.15, 0.2) is 10.3 Å². The Kier molecular flexibility index (Phi) is 11.0. The molecule has 1 unspecified atom stereocenters. The van der Waals surface area contributed by atoms with Crippen molar-refractivity contribution in [2.24, 2.45) is 5.41 Å². The molecule has 1 aliphatic heterocycles. The Balaban J connectivity index is 1.45. The van der Waals surface area contributed by atoms with Crippen molar-refractivity contribution >= 4 is 92.2 Å². The van der Waals surface area contributed by atoms with Crippen LogP contribution >= 0.6 is 0 Å². The minimum Gasteiger partial charge on any atom is -0.465 e. The zero-order valence-corrected chi connectivity index (χ0v) is 35.4. The monoisotopic (exact) mass is 876 g/mol. The molecule has 0 saturated heterocycles. The molecule has 0 bridgehead atoms. The summed E-state index contributed by atoms with van der Waals surface area (Å²) in [5.74, 6) is -1.29. The van der Waals surface area contributed by atoms with Crippen molar-refractivity contribution in [1.29, 1.82) is 0 Å². The van der Waals surface area contributed by atoms with Crippen molar-refractivity contribution in [3.8, 4) is 0 Å². The van der Waals surface area contributed by atoms with Crippen LogP contribution in [0.5, 0.6) is 0 Å². The van der Waals surface area contributed by atoms with Gasteiger partial charge in [0.1, 0.15) is 16.3 Å². The molecule has 0 fully saturated rings. The zero-order valence-electron chi connectivity index (χ0n) is 33.0. The number of carbonyl (C=O) groups excluding carboxylic acids is 2. The van der Waals surface area contributed by atoms with E-state index in [1.165, 1.54) is 12.1 Å². The molecule has 314 valence electrons. The molecule has 7 rings (SSSR count). The highest BCUT2D eigenvalue weighted by Gasteiger charge is 2.49. The number of benzene rings is 4. The quantitative estimate of drug-likeness (QED) is 0.0545. The second kappa shape index (κ2) is 15.5. The third-order valence-electron chi connectivity index (χ3n) is 10.9. The number of esters is 1. The number of hydrogen-bond acceptors (Lipinski definition) is 9. The summed E-state index contributed by atoms with van der Waals surface area (Å²) < 4.78 is 114. The number of ether oxygens (including phenoxy) is 1. The number of aromatic nitrogens is 1. The van der Waals surface area contributed by atoms with Crippen molar-refractivity contribution < 1.29 is 57.8 Å². The first kappa shape index (κ1) is 42.6. The van der Waals surface area contributed by atoms with Gasteiger partial charge in [-0.15, -0.1) is 0 Å². The predicted octanol–water partition coefficient (Wildman–Crippen LogP) is 5.26. The highest BCUT2D eigenvalue weighted by molar-refractivity contribution is 7.87. The van der Waals surface area contributed by atoms with E-state index in [4.69, 9.17) is 4.74 Å². The summed E-state index contributed by atoms with van der Waals surface area (Å²) in [7, 11) is -14.5. The lowest BCUT2D eigenvalue weighted by Crippen LogP contribution is -2.49. The molecule has 60 heavy (non-hydrogen) atoms. The van der Waals surface area contributed by atoms with Crippen molar-refractivity contribution in [3.63, 3.8) is 0 Å². The van der Waals surface area contributed by atoms with E-state index in [1.54, 1.807) is 73.9 Å².